The van der Waals surface area contributed by atoms with Crippen molar-refractivity contribution in [1.82, 2.24) is 5.32 Å². The van der Waals surface area contributed by atoms with Crippen molar-refractivity contribution in [3.63, 3.8) is 0 Å². The van der Waals surface area contributed by atoms with Gasteiger partial charge in [-0.2, -0.15) is 0 Å². The Kier molecular flexibility index (Phi) is 4.65. The molecule has 0 saturated carbocycles. The van der Waals surface area contributed by atoms with E-state index in [-0.39, 0.29) is 0 Å². The number of nitrogens with zero attached hydrogens (tertiary/aromatic N) is 1. The van der Waals surface area contributed by atoms with Crippen LogP contribution in [0.1, 0.15) is 32.3 Å². The number of benzene rings is 1. The SMILES string of the molecule is CCN(CC1CCNC(C)C1)c1ccc(C)cc1. The summed E-state index contributed by atoms with van der Waals surface area (Å²) in [6.45, 7) is 10.2. The molecular formula is C16H26N2. The van der Waals surface area contributed by atoms with Gasteiger partial charge in [0.15, 0.2) is 0 Å². The van der Waals surface area contributed by atoms with E-state index in [9.17, 15) is 0 Å². The maximum Gasteiger partial charge on any atom is 0.0366 e. The molecule has 1 heterocycles. The van der Waals surface area contributed by atoms with Crippen LogP contribution >= 0.6 is 0 Å². The van der Waals surface area contributed by atoms with E-state index in [1.54, 1.807) is 0 Å². The number of piperidine rings is 1. The molecule has 2 nitrogen and oxygen atoms in total. The van der Waals surface area contributed by atoms with E-state index in [2.05, 4.69) is 55.3 Å². The van der Waals surface area contributed by atoms with Crippen molar-refractivity contribution >= 4 is 5.69 Å². The van der Waals surface area contributed by atoms with Crippen LogP contribution in [0.3, 0.4) is 0 Å². The van der Waals surface area contributed by atoms with Crippen molar-refractivity contribution in [2.75, 3.05) is 24.5 Å². The summed E-state index contributed by atoms with van der Waals surface area (Å²) in [7, 11) is 0. The predicted molar refractivity (Wildman–Crippen MR) is 79.3 cm³/mol. The van der Waals surface area contributed by atoms with E-state index in [4.69, 9.17) is 0 Å². The highest BCUT2D eigenvalue weighted by atomic mass is 15.1. The van der Waals surface area contributed by atoms with Crippen LogP contribution in [0.4, 0.5) is 5.69 Å². The van der Waals surface area contributed by atoms with E-state index in [0.29, 0.717) is 6.04 Å². The first-order chi connectivity index (χ1) is 8.69. The third kappa shape index (κ3) is 3.49. The summed E-state index contributed by atoms with van der Waals surface area (Å²) < 4.78 is 0. The summed E-state index contributed by atoms with van der Waals surface area (Å²) in [5.41, 5.74) is 2.71. The fraction of sp³-hybridized carbons (Fsp3) is 0.625. The van der Waals surface area contributed by atoms with Crippen LogP contribution in [-0.4, -0.2) is 25.7 Å². The van der Waals surface area contributed by atoms with E-state index < -0.39 is 0 Å². The van der Waals surface area contributed by atoms with Gasteiger partial charge in [-0.15, -0.1) is 0 Å². The Morgan fingerprint density at radius 3 is 2.61 bits per heavy atom. The van der Waals surface area contributed by atoms with Crippen molar-refractivity contribution in [2.45, 2.75) is 39.7 Å². The lowest BCUT2D eigenvalue weighted by molar-refractivity contribution is 0.317. The average Bonchev–Trinajstić information content (AvgIpc) is 2.37. The minimum atomic E-state index is 0.681. The van der Waals surface area contributed by atoms with E-state index in [1.807, 2.05) is 0 Å². The molecule has 1 N–H and O–H groups in total. The Morgan fingerprint density at radius 1 is 1.28 bits per heavy atom. The molecule has 1 fully saturated rings. The zero-order chi connectivity index (χ0) is 13.0. The first kappa shape index (κ1) is 13.4. The second-order valence-electron chi connectivity index (χ2n) is 5.62. The van der Waals surface area contributed by atoms with Crippen molar-refractivity contribution in [3.05, 3.63) is 29.8 Å². The molecule has 2 heteroatoms. The molecular weight excluding hydrogens is 220 g/mol. The van der Waals surface area contributed by atoms with E-state index in [1.165, 1.54) is 37.2 Å². The molecule has 0 aromatic heterocycles. The fourth-order valence-corrected chi connectivity index (χ4v) is 2.89. The van der Waals surface area contributed by atoms with Gasteiger partial charge in [0.05, 0.1) is 0 Å². The Hall–Kier alpha value is -1.02. The third-order valence-corrected chi connectivity index (χ3v) is 3.99. The normalized spacial score (nSPS) is 23.9. The molecule has 0 bridgehead atoms. The second-order valence-corrected chi connectivity index (χ2v) is 5.62. The van der Waals surface area contributed by atoms with Gasteiger partial charge in [-0.25, -0.2) is 0 Å². The lowest BCUT2D eigenvalue weighted by Crippen LogP contribution is -2.40. The highest BCUT2D eigenvalue weighted by molar-refractivity contribution is 5.47. The molecule has 2 atom stereocenters. The van der Waals surface area contributed by atoms with Crippen LogP contribution in [0.2, 0.25) is 0 Å². The monoisotopic (exact) mass is 246 g/mol. The number of aryl methyl sites for hydroxylation is 1. The van der Waals surface area contributed by atoms with Crippen molar-refractivity contribution in [3.8, 4) is 0 Å². The molecule has 0 spiro atoms. The maximum atomic E-state index is 3.53. The molecule has 18 heavy (non-hydrogen) atoms. The predicted octanol–water partition coefficient (Wildman–Crippen LogP) is 3.21. The van der Waals surface area contributed by atoms with Crippen LogP contribution in [0.5, 0.6) is 0 Å². The van der Waals surface area contributed by atoms with Crippen LogP contribution in [0.25, 0.3) is 0 Å². The topological polar surface area (TPSA) is 15.3 Å². The van der Waals surface area contributed by atoms with Crippen molar-refractivity contribution < 1.29 is 0 Å². The maximum absolute atomic E-state index is 3.53. The van der Waals surface area contributed by atoms with Gasteiger partial charge < -0.3 is 10.2 Å². The Labute approximate surface area is 111 Å². The van der Waals surface area contributed by atoms with Gasteiger partial charge in [-0.3, -0.25) is 0 Å². The largest absolute Gasteiger partial charge is 0.372 e. The summed E-state index contributed by atoms with van der Waals surface area (Å²) in [4.78, 5) is 2.52. The summed E-state index contributed by atoms with van der Waals surface area (Å²) in [6.07, 6.45) is 2.62. The highest BCUT2D eigenvalue weighted by Gasteiger charge is 2.20. The highest BCUT2D eigenvalue weighted by Crippen LogP contribution is 2.21. The molecule has 2 unspecified atom stereocenters. The third-order valence-electron chi connectivity index (χ3n) is 3.99. The molecule has 1 saturated heterocycles. The summed E-state index contributed by atoms with van der Waals surface area (Å²) >= 11 is 0. The molecule has 1 aliphatic heterocycles. The number of anilines is 1. The quantitative estimate of drug-likeness (QED) is 0.877. The van der Waals surface area contributed by atoms with Crippen LogP contribution in [-0.2, 0) is 0 Å². The summed E-state index contributed by atoms with van der Waals surface area (Å²) in [6, 6.07) is 9.61. The lowest BCUT2D eigenvalue weighted by atomic mass is 9.92. The van der Waals surface area contributed by atoms with Gasteiger partial charge in [0.2, 0.25) is 0 Å². The van der Waals surface area contributed by atoms with Crippen molar-refractivity contribution in [2.24, 2.45) is 5.92 Å². The molecule has 2 rings (SSSR count). The van der Waals surface area contributed by atoms with Gasteiger partial charge in [0, 0.05) is 24.8 Å². The van der Waals surface area contributed by atoms with Gasteiger partial charge in [-0.05, 0) is 58.2 Å². The average molecular weight is 246 g/mol. The first-order valence-electron chi connectivity index (χ1n) is 7.24. The zero-order valence-corrected chi connectivity index (χ0v) is 11.9. The number of rotatable bonds is 4. The van der Waals surface area contributed by atoms with Gasteiger partial charge in [0.25, 0.3) is 0 Å². The Morgan fingerprint density at radius 2 is 2.00 bits per heavy atom. The fourth-order valence-electron chi connectivity index (χ4n) is 2.89. The van der Waals surface area contributed by atoms with Crippen LogP contribution < -0.4 is 10.2 Å². The summed E-state index contributed by atoms with van der Waals surface area (Å²) in [5.74, 6) is 0.836. The number of nitrogens with one attached hydrogen (secondary N) is 1. The van der Waals surface area contributed by atoms with E-state index >= 15 is 0 Å². The smallest absolute Gasteiger partial charge is 0.0366 e. The molecule has 1 aromatic carbocycles. The standard InChI is InChI=1S/C16H26N2/c1-4-18(16-7-5-13(2)6-8-16)12-15-9-10-17-14(3)11-15/h5-8,14-15,17H,4,9-12H2,1-3H3. The molecule has 0 aliphatic carbocycles. The Bertz CT molecular complexity index is 358. The molecule has 0 radical (unpaired) electrons. The lowest BCUT2D eigenvalue weighted by Gasteiger charge is -2.33. The number of hydrogen-bond donors (Lipinski definition) is 1. The van der Waals surface area contributed by atoms with Gasteiger partial charge in [-0.1, -0.05) is 17.7 Å². The zero-order valence-electron chi connectivity index (χ0n) is 11.9. The van der Waals surface area contributed by atoms with Gasteiger partial charge >= 0.3 is 0 Å². The Balaban J connectivity index is 1.98. The minimum Gasteiger partial charge on any atom is -0.372 e. The molecule has 0 amide bonds. The molecule has 1 aromatic rings. The van der Waals surface area contributed by atoms with Crippen molar-refractivity contribution in [1.29, 1.82) is 0 Å². The first-order valence-corrected chi connectivity index (χ1v) is 7.24. The summed E-state index contributed by atoms with van der Waals surface area (Å²) in [5, 5.41) is 3.53. The molecule has 1 aliphatic rings. The second kappa shape index (κ2) is 6.24. The van der Waals surface area contributed by atoms with E-state index in [0.717, 1.165) is 12.5 Å². The number of hydrogen-bond acceptors (Lipinski definition) is 2. The minimum absolute atomic E-state index is 0.681. The molecule has 100 valence electrons. The van der Waals surface area contributed by atoms with Crippen LogP contribution in [0, 0.1) is 12.8 Å². The van der Waals surface area contributed by atoms with Crippen LogP contribution in [0.15, 0.2) is 24.3 Å². The van der Waals surface area contributed by atoms with Gasteiger partial charge in [0.1, 0.15) is 0 Å².